The van der Waals surface area contributed by atoms with Gasteiger partial charge in [0.05, 0.1) is 17.7 Å². The molecular formula is C19H24F3NO4. The number of ether oxygens (including phenoxy) is 1. The van der Waals surface area contributed by atoms with Crippen molar-refractivity contribution in [3.05, 3.63) is 35.4 Å². The highest BCUT2D eigenvalue weighted by Gasteiger charge is 2.41. The highest BCUT2D eigenvalue weighted by molar-refractivity contribution is 5.98. The van der Waals surface area contributed by atoms with Gasteiger partial charge in [0.1, 0.15) is 5.60 Å². The third-order valence-corrected chi connectivity index (χ3v) is 4.23. The number of likely N-dealkylation sites (tertiary alicyclic amines) is 1. The molecule has 1 amide bonds. The second-order valence-electron chi connectivity index (χ2n) is 7.87. The van der Waals surface area contributed by atoms with E-state index in [1.807, 2.05) is 0 Å². The van der Waals surface area contributed by atoms with Crippen molar-refractivity contribution in [2.45, 2.75) is 57.4 Å². The van der Waals surface area contributed by atoms with E-state index in [0.29, 0.717) is 13.0 Å². The summed E-state index contributed by atoms with van der Waals surface area (Å²) in [5.74, 6) is -0.809. The Labute approximate surface area is 156 Å². The Morgan fingerprint density at radius 1 is 1.22 bits per heavy atom. The van der Waals surface area contributed by atoms with Crippen LogP contribution in [-0.2, 0) is 10.9 Å². The first kappa shape index (κ1) is 21.2. The molecule has 1 unspecified atom stereocenters. The molecule has 1 N–H and O–H groups in total. The Hall–Kier alpha value is -2.09. The summed E-state index contributed by atoms with van der Waals surface area (Å²) in [6.45, 7) is 5.31. The molecule has 1 atom stereocenters. The largest absolute Gasteiger partial charge is 0.444 e. The summed E-state index contributed by atoms with van der Waals surface area (Å²) < 4.78 is 44.6. The molecule has 0 radical (unpaired) electrons. The van der Waals surface area contributed by atoms with Gasteiger partial charge in [0.2, 0.25) is 0 Å². The average molecular weight is 387 g/mol. The van der Waals surface area contributed by atoms with Gasteiger partial charge in [0.25, 0.3) is 0 Å². The second kappa shape index (κ2) is 7.50. The van der Waals surface area contributed by atoms with Gasteiger partial charge < -0.3 is 14.7 Å². The molecule has 0 saturated carbocycles. The summed E-state index contributed by atoms with van der Waals surface area (Å²) in [5.41, 5.74) is -3.81. The molecule has 1 heterocycles. The molecule has 1 saturated heterocycles. The fourth-order valence-electron chi connectivity index (χ4n) is 3.11. The number of hydrogen-bond donors (Lipinski definition) is 1. The van der Waals surface area contributed by atoms with E-state index in [-0.39, 0.29) is 13.0 Å². The number of benzene rings is 1. The van der Waals surface area contributed by atoms with E-state index < -0.39 is 46.8 Å². The van der Waals surface area contributed by atoms with Crippen molar-refractivity contribution in [2.75, 3.05) is 13.1 Å². The topological polar surface area (TPSA) is 66.8 Å². The predicted molar refractivity (Wildman–Crippen MR) is 92.4 cm³/mol. The van der Waals surface area contributed by atoms with Crippen LogP contribution in [0, 0.1) is 0 Å². The Morgan fingerprint density at radius 2 is 1.85 bits per heavy atom. The van der Waals surface area contributed by atoms with E-state index in [2.05, 4.69) is 0 Å². The van der Waals surface area contributed by atoms with Crippen LogP contribution in [0.4, 0.5) is 18.0 Å². The van der Waals surface area contributed by atoms with Gasteiger partial charge in [-0.3, -0.25) is 4.79 Å². The van der Waals surface area contributed by atoms with Crippen molar-refractivity contribution in [3.8, 4) is 0 Å². The molecule has 150 valence electrons. The van der Waals surface area contributed by atoms with E-state index >= 15 is 0 Å². The van der Waals surface area contributed by atoms with Crippen molar-refractivity contribution >= 4 is 11.9 Å². The van der Waals surface area contributed by atoms with Gasteiger partial charge in [0, 0.05) is 18.5 Å². The van der Waals surface area contributed by atoms with Crippen LogP contribution < -0.4 is 0 Å². The van der Waals surface area contributed by atoms with Gasteiger partial charge in [0.15, 0.2) is 5.78 Å². The minimum Gasteiger partial charge on any atom is -0.444 e. The standard InChI is InChI=1S/C19H24F3NO4/c1-17(2,3)27-16(25)23-10-6-9-18(26,12-23)11-15(24)13-7-4-5-8-14(13)19(20,21)22/h4-5,7-8,26H,6,9-12H2,1-3H3. The second-order valence-corrected chi connectivity index (χ2v) is 7.87. The molecule has 27 heavy (non-hydrogen) atoms. The maximum absolute atomic E-state index is 13.1. The molecule has 0 aromatic heterocycles. The number of alkyl halides is 3. The minimum absolute atomic E-state index is 0.165. The number of piperidine rings is 1. The first-order valence-electron chi connectivity index (χ1n) is 8.70. The van der Waals surface area contributed by atoms with Gasteiger partial charge in [-0.1, -0.05) is 18.2 Å². The van der Waals surface area contributed by atoms with E-state index in [1.54, 1.807) is 20.8 Å². The molecule has 0 aliphatic carbocycles. The number of ketones is 1. The van der Waals surface area contributed by atoms with E-state index in [0.717, 1.165) is 12.1 Å². The quantitative estimate of drug-likeness (QED) is 0.795. The van der Waals surface area contributed by atoms with Crippen LogP contribution in [0.3, 0.4) is 0 Å². The fraction of sp³-hybridized carbons (Fsp3) is 0.579. The summed E-state index contributed by atoms with van der Waals surface area (Å²) in [4.78, 5) is 26.0. The maximum atomic E-state index is 13.1. The molecule has 1 fully saturated rings. The van der Waals surface area contributed by atoms with E-state index in [1.165, 1.54) is 17.0 Å². The minimum atomic E-state index is -4.66. The SMILES string of the molecule is CC(C)(C)OC(=O)N1CCCC(O)(CC(=O)c2ccccc2C(F)(F)F)C1. The lowest BCUT2D eigenvalue weighted by Gasteiger charge is -2.39. The number of aliphatic hydroxyl groups is 1. The number of halogens is 3. The van der Waals surface area contributed by atoms with Crippen LogP contribution in [0.15, 0.2) is 24.3 Å². The van der Waals surface area contributed by atoms with Gasteiger partial charge in [-0.15, -0.1) is 0 Å². The maximum Gasteiger partial charge on any atom is 0.417 e. The van der Waals surface area contributed by atoms with Crippen LogP contribution >= 0.6 is 0 Å². The van der Waals surface area contributed by atoms with Gasteiger partial charge >= 0.3 is 12.3 Å². The third-order valence-electron chi connectivity index (χ3n) is 4.23. The zero-order valence-corrected chi connectivity index (χ0v) is 15.6. The number of β-amino-alcohol motifs (C(OH)–C–C–N with tert-alkyl or cyclic N) is 1. The zero-order valence-electron chi connectivity index (χ0n) is 15.6. The first-order valence-corrected chi connectivity index (χ1v) is 8.70. The van der Waals surface area contributed by atoms with E-state index in [4.69, 9.17) is 4.74 Å². The molecule has 1 aliphatic rings. The molecule has 0 bridgehead atoms. The van der Waals surface area contributed by atoms with Crippen LogP contribution in [0.25, 0.3) is 0 Å². The molecule has 1 aliphatic heterocycles. The lowest BCUT2D eigenvalue weighted by molar-refractivity contribution is -0.138. The van der Waals surface area contributed by atoms with Crippen LogP contribution in [0.1, 0.15) is 56.0 Å². The molecule has 5 nitrogen and oxygen atoms in total. The molecule has 8 heteroatoms. The van der Waals surface area contributed by atoms with Gasteiger partial charge in [-0.2, -0.15) is 13.2 Å². The Kier molecular flexibility index (Phi) is 5.89. The molecule has 0 spiro atoms. The summed E-state index contributed by atoms with van der Waals surface area (Å²) in [6.07, 6.45) is -5.15. The highest BCUT2D eigenvalue weighted by Crippen LogP contribution is 2.34. The van der Waals surface area contributed by atoms with Crippen LogP contribution in [0.2, 0.25) is 0 Å². The van der Waals surface area contributed by atoms with Crippen molar-refractivity contribution in [3.63, 3.8) is 0 Å². The van der Waals surface area contributed by atoms with Crippen LogP contribution in [-0.4, -0.2) is 46.2 Å². The van der Waals surface area contributed by atoms with Crippen molar-refractivity contribution in [1.29, 1.82) is 0 Å². The molecular weight excluding hydrogens is 363 g/mol. The number of hydrogen-bond acceptors (Lipinski definition) is 4. The summed E-state index contributed by atoms with van der Waals surface area (Å²) in [5, 5.41) is 10.8. The Bertz CT molecular complexity index is 712. The molecule has 1 aromatic carbocycles. The number of carbonyl (C=O) groups excluding carboxylic acids is 2. The number of amides is 1. The predicted octanol–water partition coefficient (Wildman–Crippen LogP) is 4.04. The zero-order chi connectivity index (χ0) is 20.5. The number of rotatable bonds is 3. The summed E-state index contributed by atoms with van der Waals surface area (Å²) in [7, 11) is 0. The Morgan fingerprint density at radius 3 is 2.44 bits per heavy atom. The Balaban J connectivity index is 2.14. The van der Waals surface area contributed by atoms with E-state index in [9.17, 15) is 27.9 Å². The lowest BCUT2D eigenvalue weighted by atomic mass is 9.85. The fourth-order valence-corrected chi connectivity index (χ4v) is 3.11. The number of carbonyl (C=O) groups is 2. The normalized spacial score (nSPS) is 21.1. The summed E-state index contributed by atoms with van der Waals surface area (Å²) in [6, 6.07) is 4.49. The number of Topliss-reactive ketones (excluding diaryl/α,β-unsaturated/α-hetero) is 1. The molecule has 2 rings (SSSR count). The van der Waals surface area contributed by atoms with Gasteiger partial charge in [-0.25, -0.2) is 4.79 Å². The van der Waals surface area contributed by atoms with Gasteiger partial charge in [-0.05, 0) is 39.7 Å². The summed E-state index contributed by atoms with van der Waals surface area (Å²) >= 11 is 0. The van der Waals surface area contributed by atoms with Crippen molar-refractivity contribution in [1.82, 2.24) is 4.90 Å². The van der Waals surface area contributed by atoms with Crippen molar-refractivity contribution < 1.29 is 32.6 Å². The average Bonchev–Trinajstić information content (AvgIpc) is 2.52. The monoisotopic (exact) mass is 387 g/mol. The number of nitrogens with zero attached hydrogens (tertiary/aromatic N) is 1. The third kappa shape index (κ3) is 5.69. The first-order chi connectivity index (χ1) is 12.3. The smallest absolute Gasteiger partial charge is 0.417 e. The van der Waals surface area contributed by atoms with Crippen LogP contribution in [0.5, 0.6) is 0 Å². The lowest BCUT2D eigenvalue weighted by Crippen LogP contribution is -2.52. The molecule has 1 aromatic rings. The van der Waals surface area contributed by atoms with Crippen molar-refractivity contribution in [2.24, 2.45) is 0 Å². The highest BCUT2D eigenvalue weighted by atomic mass is 19.4.